The summed E-state index contributed by atoms with van der Waals surface area (Å²) >= 11 is 1.42. The van der Waals surface area contributed by atoms with Gasteiger partial charge in [0.2, 0.25) is 11.8 Å². The number of thiazole rings is 1. The van der Waals surface area contributed by atoms with Crippen LogP contribution in [0.2, 0.25) is 0 Å². The highest BCUT2D eigenvalue weighted by Crippen LogP contribution is 2.40. The molecule has 6 nitrogen and oxygen atoms in total. The fourth-order valence-electron chi connectivity index (χ4n) is 4.53. The second-order valence-corrected chi connectivity index (χ2v) is 12.2. The number of hydrogen-bond donors (Lipinski definition) is 0. The Morgan fingerprint density at radius 1 is 1.03 bits per heavy atom. The molecule has 11 heteroatoms. The highest BCUT2D eigenvalue weighted by Gasteiger charge is 2.39. The molecule has 3 unspecified atom stereocenters. The Labute approximate surface area is 230 Å². The number of aromatic nitrogens is 1. The molecule has 1 saturated carbocycles. The van der Waals surface area contributed by atoms with Gasteiger partial charge < -0.3 is 9.80 Å². The summed E-state index contributed by atoms with van der Waals surface area (Å²) in [5, 5.41) is 4.17. The Balaban J connectivity index is 1.50. The molecule has 1 fully saturated rings. The van der Waals surface area contributed by atoms with Gasteiger partial charge >= 0.3 is 0 Å². The molecule has 3 atom stereocenters. The summed E-state index contributed by atoms with van der Waals surface area (Å²) in [6.45, 7) is 0.0915. The average molecular weight is 574 g/mol. The predicted octanol–water partition coefficient (Wildman–Crippen LogP) is 4.95. The number of nitrogens with zero attached hydrogens (tertiary/aromatic N) is 3. The summed E-state index contributed by atoms with van der Waals surface area (Å²) in [7, 11) is 1.69. The third-order valence-electron chi connectivity index (χ3n) is 6.84. The van der Waals surface area contributed by atoms with E-state index in [1.807, 2.05) is 5.38 Å². The van der Waals surface area contributed by atoms with Crippen molar-refractivity contribution in [2.45, 2.75) is 37.3 Å². The summed E-state index contributed by atoms with van der Waals surface area (Å²) in [5.74, 6) is -5.08. The number of benzene rings is 2. The van der Waals surface area contributed by atoms with E-state index >= 15 is 4.39 Å². The smallest absolute Gasteiger partial charge is 0.240 e. The number of carbonyl (C=O) groups excluding carboxylic acids is 2. The van der Waals surface area contributed by atoms with Crippen molar-refractivity contribution in [3.05, 3.63) is 87.0 Å². The lowest BCUT2D eigenvalue weighted by Gasteiger charge is -2.31. The maximum Gasteiger partial charge on any atom is 0.240 e. The molecule has 1 aromatic heterocycles. The highest BCUT2D eigenvalue weighted by atomic mass is 32.2. The summed E-state index contributed by atoms with van der Waals surface area (Å²) < 4.78 is 54.9. The van der Waals surface area contributed by atoms with Gasteiger partial charge in [0, 0.05) is 47.2 Å². The lowest BCUT2D eigenvalue weighted by molar-refractivity contribution is -0.143. The molecule has 2 heterocycles. The van der Waals surface area contributed by atoms with E-state index in [0.717, 1.165) is 36.7 Å². The average Bonchev–Trinajstić information content (AvgIpc) is 3.50. The molecule has 0 saturated heterocycles. The monoisotopic (exact) mass is 573 g/mol. The third-order valence-corrected chi connectivity index (χ3v) is 8.82. The van der Waals surface area contributed by atoms with Crippen molar-refractivity contribution in [2.24, 2.45) is 0 Å². The van der Waals surface area contributed by atoms with Gasteiger partial charge in [-0.1, -0.05) is 24.3 Å². The molecule has 3 aromatic rings. The van der Waals surface area contributed by atoms with Gasteiger partial charge in [0.15, 0.2) is 11.6 Å². The fourth-order valence-corrected chi connectivity index (χ4v) is 6.50. The number of carbonyl (C=O) groups is 2. The molecule has 2 aliphatic rings. The van der Waals surface area contributed by atoms with Crippen LogP contribution < -0.4 is 0 Å². The van der Waals surface area contributed by atoms with Crippen molar-refractivity contribution in [1.29, 1.82) is 0 Å². The molecule has 39 heavy (non-hydrogen) atoms. The lowest BCUT2D eigenvalue weighted by atomic mass is 9.92. The molecule has 0 radical (unpaired) electrons. The molecule has 0 bridgehead atoms. The van der Waals surface area contributed by atoms with E-state index in [2.05, 4.69) is 4.98 Å². The quantitative estimate of drug-likeness (QED) is 0.358. The SMILES string of the molecule is CN(C)C(=O)C(C(=O)N(Cc1nc(C2CC2)cs1)C1C=CS(=O)C1)c1ccc(-c2ccc(F)c(F)c2)cc1F. The molecular formula is C28H26F3N3O3S2. The first-order valence-electron chi connectivity index (χ1n) is 12.4. The van der Waals surface area contributed by atoms with Crippen LogP contribution in [0.25, 0.3) is 11.1 Å². The molecule has 1 aliphatic carbocycles. The van der Waals surface area contributed by atoms with Gasteiger partial charge in [-0.2, -0.15) is 0 Å². The largest absolute Gasteiger partial charge is 0.348 e. The van der Waals surface area contributed by atoms with Crippen LogP contribution in [0.1, 0.15) is 40.9 Å². The van der Waals surface area contributed by atoms with Crippen LogP contribution in [-0.4, -0.2) is 56.7 Å². The van der Waals surface area contributed by atoms with Crippen LogP contribution in [-0.2, 0) is 26.9 Å². The maximum atomic E-state index is 15.6. The zero-order chi connectivity index (χ0) is 27.8. The van der Waals surface area contributed by atoms with Crippen LogP contribution in [0, 0.1) is 17.5 Å². The van der Waals surface area contributed by atoms with E-state index in [1.54, 1.807) is 6.08 Å². The van der Waals surface area contributed by atoms with Crippen LogP contribution in [0.5, 0.6) is 0 Å². The van der Waals surface area contributed by atoms with Gasteiger partial charge in [0.1, 0.15) is 16.7 Å². The zero-order valence-corrected chi connectivity index (χ0v) is 22.9. The molecule has 0 N–H and O–H groups in total. The maximum absolute atomic E-state index is 15.6. The van der Waals surface area contributed by atoms with E-state index in [9.17, 15) is 22.6 Å². The summed E-state index contributed by atoms with van der Waals surface area (Å²) in [4.78, 5) is 34.8. The number of likely N-dealkylation sites (N-methyl/N-ethyl adjacent to an activating group) is 1. The Hall–Kier alpha value is -3.31. The van der Waals surface area contributed by atoms with Gasteiger partial charge in [-0.25, -0.2) is 18.2 Å². The standard InChI is InChI=1S/C28H26F3N3O3S2/c1-33(2)27(35)26(20-7-5-17(11-22(20)30)18-6-8-21(29)23(31)12-18)28(36)34(19-9-10-39(37)15-19)13-25-32-24(14-38-25)16-3-4-16/h5-12,14,16,19,26H,3-4,13,15H2,1-2H3. The molecule has 1 aliphatic heterocycles. The molecule has 0 spiro atoms. The van der Waals surface area contributed by atoms with E-state index < -0.39 is 52.0 Å². The Kier molecular flexibility index (Phi) is 7.73. The second kappa shape index (κ2) is 11.1. The van der Waals surface area contributed by atoms with E-state index in [1.165, 1.54) is 58.8 Å². The lowest BCUT2D eigenvalue weighted by Crippen LogP contribution is -2.46. The molecule has 2 aromatic carbocycles. The predicted molar refractivity (Wildman–Crippen MR) is 144 cm³/mol. The summed E-state index contributed by atoms with van der Waals surface area (Å²) in [5.41, 5.74) is 1.35. The van der Waals surface area contributed by atoms with Gasteiger partial charge in [-0.05, 0) is 42.2 Å². The Bertz CT molecular complexity index is 1490. The van der Waals surface area contributed by atoms with Crippen molar-refractivity contribution in [1.82, 2.24) is 14.8 Å². The number of halogens is 3. The van der Waals surface area contributed by atoms with Gasteiger partial charge in [-0.15, -0.1) is 11.3 Å². The van der Waals surface area contributed by atoms with Crippen LogP contribution in [0.4, 0.5) is 13.2 Å². The Morgan fingerprint density at radius 2 is 1.72 bits per heavy atom. The molecule has 2 amide bonds. The zero-order valence-electron chi connectivity index (χ0n) is 21.3. The summed E-state index contributed by atoms with van der Waals surface area (Å²) in [6, 6.07) is 6.56. The van der Waals surface area contributed by atoms with Crippen molar-refractivity contribution in [3.63, 3.8) is 0 Å². The van der Waals surface area contributed by atoms with E-state index in [4.69, 9.17) is 0 Å². The Morgan fingerprint density at radius 3 is 2.31 bits per heavy atom. The first-order chi connectivity index (χ1) is 18.6. The van der Waals surface area contributed by atoms with Gasteiger partial charge in [0.25, 0.3) is 0 Å². The molecular weight excluding hydrogens is 547 g/mol. The second-order valence-electron chi connectivity index (χ2n) is 9.88. The van der Waals surface area contributed by atoms with Crippen molar-refractivity contribution >= 4 is 34.0 Å². The fraction of sp³-hybridized carbons (Fsp3) is 0.321. The van der Waals surface area contributed by atoms with E-state index in [-0.39, 0.29) is 29.0 Å². The molecule has 204 valence electrons. The normalized spacial score (nSPS) is 19.2. The van der Waals surface area contributed by atoms with Crippen molar-refractivity contribution in [2.75, 3.05) is 19.8 Å². The van der Waals surface area contributed by atoms with Crippen LogP contribution >= 0.6 is 11.3 Å². The first kappa shape index (κ1) is 27.3. The van der Waals surface area contributed by atoms with Gasteiger partial charge in [0.05, 0.1) is 24.0 Å². The minimum absolute atomic E-state index is 0.0915. The third kappa shape index (κ3) is 5.84. The topological polar surface area (TPSA) is 70.6 Å². The minimum Gasteiger partial charge on any atom is -0.348 e. The summed E-state index contributed by atoms with van der Waals surface area (Å²) in [6.07, 6.45) is 3.83. The van der Waals surface area contributed by atoms with E-state index in [0.29, 0.717) is 10.9 Å². The van der Waals surface area contributed by atoms with Gasteiger partial charge in [-0.3, -0.25) is 13.8 Å². The van der Waals surface area contributed by atoms with Crippen molar-refractivity contribution in [3.8, 4) is 11.1 Å². The number of rotatable bonds is 8. The number of hydrogen-bond acceptors (Lipinski definition) is 5. The van der Waals surface area contributed by atoms with Crippen molar-refractivity contribution < 1.29 is 27.0 Å². The van der Waals surface area contributed by atoms with Crippen LogP contribution in [0.15, 0.2) is 53.3 Å². The minimum atomic E-state index is -1.51. The van der Waals surface area contributed by atoms with Crippen LogP contribution in [0.3, 0.4) is 0 Å². The first-order valence-corrected chi connectivity index (χ1v) is 14.6. The molecule has 5 rings (SSSR count). The number of amides is 2. The highest BCUT2D eigenvalue weighted by molar-refractivity contribution is 7.88.